The first-order valence-electron chi connectivity index (χ1n) is 12.3. The molecule has 0 spiro atoms. The van der Waals surface area contributed by atoms with Gasteiger partial charge in [-0.15, -0.1) is 11.8 Å². The third-order valence-corrected chi connectivity index (χ3v) is 7.98. The Labute approximate surface area is 231 Å². The van der Waals surface area contributed by atoms with Crippen LogP contribution in [0.2, 0.25) is 5.02 Å². The van der Waals surface area contributed by atoms with Crippen molar-refractivity contribution in [3.63, 3.8) is 0 Å². The molecule has 0 aromatic heterocycles. The summed E-state index contributed by atoms with van der Waals surface area (Å²) in [6.45, 7) is 0. The van der Waals surface area contributed by atoms with E-state index in [-0.39, 0.29) is 0 Å². The lowest BCUT2D eigenvalue weighted by molar-refractivity contribution is -0.0455. The van der Waals surface area contributed by atoms with E-state index >= 15 is 0 Å². The zero-order valence-electron chi connectivity index (χ0n) is 20.5. The van der Waals surface area contributed by atoms with Gasteiger partial charge in [0.1, 0.15) is 0 Å². The van der Waals surface area contributed by atoms with Gasteiger partial charge in [0.05, 0.1) is 22.2 Å². The van der Waals surface area contributed by atoms with Gasteiger partial charge in [0.15, 0.2) is 0 Å². The largest absolute Gasteiger partial charge is 0.431 e. The van der Waals surface area contributed by atoms with Crippen molar-refractivity contribution in [3.05, 3.63) is 153 Å². The monoisotopic (exact) mass is 536 g/mol. The molecular formula is C32H25ClN2O2S. The lowest BCUT2D eigenvalue weighted by Gasteiger charge is -2.43. The molecule has 2 atom stereocenters. The molecule has 5 rings (SSSR count). The summed E-state index contributed by atoms with van der Waals surface area (Å²) in [7, 11) is 0. The minimum Gasteiger partial charge on any atom is -0.431 e. The molecule has 6 heteroatoms. The second kappa shape index (κ2) is 11.6. The molecule has 0 saturated carbocycles. The highest BCUT2D eigenvalue weighted by molar-refractivity contribution is 8.02. The van der Waals surface area contributed by atoms with Crippen LogP contribution in [0.3, 0.4) is 0 Å². The average Bonchev–Trinajstić information content (AvgIpc) is 2.97. The van der Waals surface area contributed by atoms with Crippen LogP contribution >= 0.6 is 23.4 Å². The smallest absolute Gasteiger partial charge is 0.340 e. The fraction of sp³-hybridized carbons (Fsp3) is 0.125. The van der Waals surface area contributed by atoms with E-state index in [4.69, 9.17) is 16.3 Å². The van der Waals surface area contributed by atoms with Crippen LogP contribution in [0, 0.1) is 11.3 Å². The van der Waals surface area contributed by atoms with Gasteiger partial charge in [0.25, 0.3) is 0 Å². The molecule has 0 fully saturated rings. The Balaban J connectivity index is 1.63. The van der Waals surface area contributed by atoms with Crippen LogP contribution in [-0.2, 0) is 16.2 Å². The predicted molar refractivity (Wildman–Crippen MR) is 152 cm³/mol. The third-order valence-electron chi connectivity index (χ3n) is 6.54. The van der Waals surface area contributed by atoms with E-state index in [1.807, 2.05) is 103 Å². The maximum atomic E-state index is 13.5. The number of allylic oxidation sites excluding steroid dienone is 1. The first kappa shape index (κ1) is 25.7. The highest BCUT2D eigenvalue weighted by atomic mass is 35.5. The molecule has 1 heterocycles. The molecule has 4 nitrogen and oxygen atoms in total. The van der Waals surface area contributed by atoms with Gasteiger partial charge < -0.3 is 10.1 Å². The van der Waals surface area contributed by atoms with E-state index in [2.05, 4.69) is 11.4 Å². The summed E-state index contributed by atoms with van der Waals surface area (Å²) in [4.78, 5) is 13.5. The fourth-order valence-electron chi connectivity index (χ4n) is 4.66. The van der Waals surface area contributed by atoms with Crippen molar-refractivity contribution in [2.45, 2.75) is 23.8 Å². The van der Waals surface area contributed by atoms with Crippen LogP contribution in [0.5, 0.6) is 0 Å². The molecule has 188 valence electrons. The number of rotatable bonds is 7. The minimum atomic E-state index is -1.22. The number of nitriles is 1. The van der Waals surface area contributed by atoms with Crippen LogP contribution in [0.1, 0.15) is 39.4 Å². The van der Waals surface area contributed by atoms with Crippen molar-refractivity contribution in [1.82, 2.24) is 5.32 Å². The lowest BCUT2D eigenvalue weighted by Crippen LogP contribution is -2.49. The van der Waals surface area contributed by atoms with Crippen molar-refractivity contribution in [1.29, 1.82) is 5.26 Å². The molecule has 0 unspecified atom stereocenters. The van der Waals surface area contributed by atoms with Gasteiger partial charge in [-0.05, 0) is 29.3 Å². The second-order valence-electron chi connectivity index (χ2n) is 8.98. The number of carbonyl (C=O) groups excluding carboxylic acids is 1. The summed E-state index contributed by atoms with van der Waals surface area (Å²) in [5.41, 5.74) is 2.53. The number of esters is 1. The fourth-order valence-corrected chi connectivity index (χ4v) is 6.01. The first-order chi connectivity index (χ1) is 18.6. The highest BCUT2D eigenvalue weighted by Gasteiger charge is 2.46. The molecule has 0 radical (unpaired) electrons. The number of benzene rings is 4. The quantitative estimate of drug-likeness (QED) is 0.244. The van der Waals surface area contributed by atoms with E-state index in [0.29, 0.717) is 33.4 Å². The summed E-state index contributed by atoms with van der Waals surface area (Å²) >= 11 is 8.19. The first-order valence-corrected chi connectivity index (χ1v) is 13.6. The summed E-state index contributed by atoms with van der Waals surface area (Å²) < 4.78 is 6.37. The van der Waals surface area contributed by atoms with Crippen molar-refractivity contribution >= 4 is 29.3 Å². The number of ether oxygens (including phenoxy) is 1. The molecule has 4 aromatic carbocycles. The van der Waals surface area contributed by atoms with Gasteiger partial charge in [0.2, 0.25) is 5.72 Å². The average molecular weight is 537 g/mol. The normalized spacial score (nSPS) is 18.8. The number of hydrogen-bond donors (Lipinski definition) is 1. The maximum Gasteiger partial charge on any atom is 0.340 e. The number of nitrogens with one attached hydrogen (secondary N) is 1. The van der Waals surface area contributed by atoms with Gasteiger partial charge in [-0.3, -0.25) is 0 Å². The SMILES string of the molecule is N#CC1=C(SCc2ccccc2)N[C@@](OC(=O)c2ccccc2)(c2ccccc2)C[C@@H]1c1ccccc1Cl. The molecule has 4 aromatic rings. The summed E-state index contributed by atoms with van der Waals surface area (Å²) in [6.07, 6.45) is 0.303. The number of hydrogen-bond acceptors (Lipinski definition) is 5. The Kier molecular flexibility index (Phi) is 7.83. The third kappa shape index (κ3) is 5.47. The number of nitrogens with zero attached hydrogens (tertiary/aromatic N) is 1. The zero-order valence-corrected chi connectivity index (χ0v) is 22.1. The van der Waals surface area contributed by atoms with Crippen LogP contribution in [0.15, 0.2) is 126 Å². The van der Waals surface area contributed by atoms with Gasteiger partial charge in [-0.2, -0.15) is 5.26 Å². The van der Waals surface area contributed by atoms with E-state index in [1.54, 1.807) is 12.1 Å². The van der Waals surface area contributed by atoms with Crippen LogP contribution in [0.4, 0.5) is 0 Å². The van der Waals surface area contributed by atoms with Crippen molar-refractivity contribution in [2.24, 2.45) is 0 Å². The molecule has 1 aliphatic rings. The van der Waals surface area contributed by atoms with Crippen molar-refractivity contribution in [3.8, 4) is 6.07 Å². The standard InChI is InChI=1S/C32H25ClN2O2S/c33-29-19-11-10-18-26(29)27-20-32(25-16-8-3-9-17-25,37-31(36)24-14-6-2-7-15-24)35-30(28(27)21-34)38-22-23-12-4-1-5-13-23/h1-19,27,35H,20,22H2/t27-,32+/m1/s1. The minimum absolute atomic E-state index is 0.303. The van der Waals surface area contributed by atoms with E-state index in [0.717, 1.165) is 16.7 Å². The Hall–Kier alpha value is -3.98. The Morgan fingerprint density at radius 1 is 0.921 bits per heavy atom. The number of halogens is 1. The van der Waals surface area contributed by atoms with Crippen LogP contribution < -0.4 is 5.32 Å². The Morgan fingerprint density at radius 3 is 2.18 bits per heavy atom. The van der Waals surface area contributed by atoms with Gasteiger partial charge in [-0.1, -0.05) is 109 Å². The zero-order chi connectivity index (χ0) is 26.4. The highest BCUT2D eigenvalue weighted by Crippen LogP contribution is 2.48. The molecule has 38 heavy (non-hydrogen) atoms. The van der Waals surface area contributed by atoms with Gasteiger partial charge >= 0.3 is 5.97 Å². The molecule has 0 bridgehead atoms. The molecule has 1 N–H and O–H groups in total. The van der Waals surface area contributed by atoms with Crippen molar-refractivity contribution < 1.29 is 9.53 Å². The predicted octanol–water partition coefficient (Wildman–Crippen LogP) is 7.80. The lowest BCUT2D eigenvalue weighted by atomic mass is 9.80. The molecule has 0 amide bonds. The maximum absolute atomic E-state index is 13.5. The molecular weight excluding hydrogens is 512 g/mol. The molecule has 0 aliphatic carbocycles. The topological polar surface area (TPSA) is 62.1 Å². The summed E-state index contributed by atoms with van der Waals surface area (Å²) in [6, 6.07) is 38.6. The summed E-state index contributed by atoms with van der Waals surface area (Å²) in [5.74, 6) is -0.203. The van der Waals surface area contributed by atoms with E-state index < -0.39 is 17.6 Å². The van der Waals surface area contributed by atoms with Crippen LogP contribution in [0.25, 0.3) is 0 Å². The summed E-state index contributed by atoms with van der Waals surface area (Å²) in [5, 5.41) is 15.1. The van der Waals surface area contributed by atoms with Gasteiger partial charge in [-0.25, -0.2) is 4.79 Å². The van der Waals surface area contributed by atoms with Crippen molar-refractivity contribution in [2.75, 3.05) is 0 Å². The number of carbonyl (C=O) groups is 1. The second-order valence-corrected chi connectivity index (χ2v) is 10.4. The Morgan fingerprint density at radius 2 is 1.53 bits per heavy atom. The Bertz CT molecular complexity index is 1490. The van der Waals surface area contributed by atoms with Crippen LogP contribution in [-0.4, -0.2) is 5.97 Å². The number of thioether (sulfide) groups is 1. The molecule has 0 saturated heterocycles. The molecule has 1 aliphatic heterocycles. The van der Waals surface area contributed by atoms with E-state index in [9.17, 15) is 10.1 Å². The van der Waals surface area contributed by atoms with Gasteiger partial charge in [0, 0.05) is 28.7 Å². The van der Waals surface area contributed by atoms with E-state index in [1.165, 1.54) is 11.8 Å².